The third kappa shape index (κ3) is 8.85. The maximum atomic E-state index is 12.6. The Morgan fingerprint density at radius 3 is 2.54 bits per heavy atom. The summed E-state index contributed by atoms with van der Waals surface area (Å²) in [6.07, 6.45) is 3.62. The molecule has 2 atom stereocenters. The average molecular weight is 537 g/mol. The van der Waals surface area contributed by atoms with E-state index in [1.165, 1.54) is 16.7 Å². The molecule has 35 heavy (non-hydrogen) atoms. The van der Waals surface area contributed by atoms with Crippen LogP contribution in [-0.4, -0.2) is 46.9 Å². The quantitative estimate of drug-likeness (QED) is 0.292. The Kier molecular flexibility index (Phi) is 12.2. The van der Waals surface area contributed by atoms with Crippen LogP contribution < -0.4 is 34.7 Å². The van der Waals surface area contributed by atoms with Gasteiger partial charge in [-0.25, -0.2) is 4.98 Å². The van der Waals surface area contributed by atoms with Crippen molar-refractivity contribution in [1.82, 2.24) is 9.88 Å². The van der Waals surface area contributed by atoms with Crippen LogP contribution in [0.5, 0.6) is 0 Å². The first kappa shape index (κ1) is 29.7. The summed E-state index contributed by atoms with van der Waals surface area (Å²) in [6, 6.07) is 17.6. The zero-order valence-electron chi connectivity index (χ0n) is 20.2. The van der Waals surface area contributed by atoms with E-state index in [2.05, 4.69) is 11.1 Å². The molecule has 0 aliphatic heterocycles. The van der Waals surface area contributed by atoms with E-state index in [4.69, 9.17) is 11.6 Å². The first-order chi connectivity index (χ1) is 16.3. The number of fused-ring (bicyclic) bond motifs is 1. The van der Waals surface area contributed by atoms with E-state index >= 15 is 0 Å². The summed E-state index contributed by atoms with van der Waals surface area (Å²) < 4.78 is -0.0902. The Morgan fingerprint density at radius 2 is 1.86 bits per heavy atom. The number of halogens is 1. The van der Waals surface area contributed by atoms with Gasteiger partial charge in [0.15, 0.2) is 0 Å². The molecule has 0 N–H and O–H groups in total. The first-order valence-electron chi connectivity index (χ1n) is 10.8. The number of carbonyl (C=O) groups excluding carboxylic acids is 2. The second-order valence-corrected chi connectivity index (χ2v) is 11.2. The summed E-state index contributed by atoms with van der Waals surface area (Å²) in [7, 11) is 3.26. The molecule has 0 aliphatic rings. The minimum Gasteiger partial charge on any atom is -0.550 e. The van der Waals surface area contributed by atoms with Gasteiger partial charge in [-0.3, -0.25) is 4.79 Å². The summed E-state index contributed by atoms with van der Waals surface area (Å²) in [6.45, 7) is 2.04. The molecule has 1 heterocycles. The normalized spacial score (nSPS) is 12.8. The van der Waals surface area contributed by atoms with Gasteiger partial charge in [-0.15, -0.1) is 23.5 Å². The number of hydrogen-bond acceptors (Lipinski definition) is 6. The minimum absolute atomic E-state index is 0. The molecule has 5 nitrogen and oxygen atoms in total. The van der Waals surface area contributed by atoms with Crippen LogP contribution in [0.2, 0.25) is 5.02 Å². The van der Waals surface area contributed by atoms with Crippen LogP contribution in [0.3, 0.4) is 0 Å². The average Bonchev–Trinajstić information content (AvgIpc) is 2.81. The minimum atomic E-state index is -1.23. The fourth-order valence-corrected chi connectivity index (χ4v) is 6.43. The number of thioether (sulfide) groups is 2. The van der Waals surface area contributed by atoms with Gasteiger partial charge < -0.3 is 14.8 Å². The summed E-state index contributed by atoms with van der Waals surface area (Å²) in [5.41, 5.74) is 3.67. The van der Waals surface area contributed by atoms with Crippen molar-refractivity contribution < 1.29 is 44.3 Å². The zero-order chi connectivity index (χ0) is 24.7. The molecule has 0 bridgehead atoms. The SMILES string of the molecule is CCSC(SC(CC(=O)[O-])C(=O)N(C)C)c1cccc(C=Cc2ccc3ccc(Cl)cc3n2)c1.[Na+]. The summed E-state index contributed by atoms with van der Waals surface area (Å²) >= 11 is 9.13. The summed E-state index contributed by atoms with van der Waals surface area (Å²) in [5.74, 6) is -0.626. The molecular formula is C26H26ClN2NaO3S2. The van der Waals surface area contributed by atoms with Crippen LogP contribution in [-0.2, 0) is 9.59 Å². The fourth-order valence-electron chi connectivity index (χ4n) is 3.34. The molecule has 1 amide bonds. The molecule has 3 aromatic rings. The van der Waals surface area contributed by atoms with Crippen molar-refractivity contribution in [3.63, 3.8) is 0 Å². The Labute approximate surface area is 242 Å². The second-order valence-electron chi connectivity index (χ2n) is 7.80. The molecule has 0 spiro atoms. The third-order valence-electron chi connectivity index (χ3n) is 4.98. The van der Waals surface area contributed by atoms with Crippen LogP contribution in [0, 0.1) is 0 Å². The van der Waals surface area contributed by atoms with Gasteiger partial charge in [-0.1, -0.05) is 54.9 Å². The third-order valence-corrected chi connectivity index (χ3v) is 8.08. The predicted molar refractivity (Wildman–Crippen MR) is 143 cm³/mol. The number of hydrogen-bond donors (Lipinski definition) is 0. The van der Waals surface area contributed by atoms with Gasteiger partial charge in [0.05, 0.1) is 21.0 Å². The maximum Gasteiger partial charge on any atom is 1.00 e. The largest absolute Gasteiger partial charge is 1.00 e. The van der Waals surface area contributed by atoms with Crippen molar-refractivity contribution in [2.24, 2.45) is 0 Å². The number of aromatic nitrogens is 1. The van der Waals surface area contributed by atoms with Gasteiger partial charge >= 0.3 is 29.6 Å². The van der Waals surface area contributed by atoms with Gasteiger partial charge in [0.2, 0.25) is 5.91 Å². The van der Waals surface area contributed by atoms with Crippen molar-refractivity contribution in [3.05, 3.63) is 76.4 Å². The number of benzene rings is 2. The summed E-state index contributed by atoms with van der Waals surface area (Å²) in [4.78, 5) is 29.9. The molecule has 0 aliphatic carbocycles. The van der Waals surface area contributed by atoms with Crippen LogP contribution >= 0.6 is 35.1 Å². The van der Waals surface area contributed by atoms with Gasteiger partial charge in [-0.2, -0.15) is 0 Å². The predicted octanol–water partition coefficient (Wildman–Crippen LogP) is 2.14. The van der Waals surface area contributed by atoms with Crippen molar-refractivity contribution in [3.8, 4) is 0 Å². The van der Waals surface area contributed by atoms with Crippen LogP contribution in [0.15, 0.2) is 54.6 Å². The van der Waals surface area contributed by atoms with Crippen LogP contribution in [0.4, 0.5) is 0 Å². The smallest absolute Gasteiger partial charge is 0.550 e. The Morgan fingerprint density at radius 1 is 1.11 bits per heavy atom. The van der Waals surface area contributed by atoms with E-state index in [1.807, 2.05) is 67.6 Å². The molecule has 178 valence electrons. The van der Waals surface area contributed by atoms with Gasteiger partial charge in [-0.05, 0) is 47.2 Å². The Balaban J connectivity index is 0.00000432. The van der Waals surface area contributed by atoms with E-state index < -0.39 is 11.2 Å². The van der Waals surface area contributed by atoms with E-state index in [0.717, 1.165) is 33.5 Å². The van der Waals surface area contributed by atoms with Gasteiger partial charge in [0.25, 0.3) is 0 Å². The summed E-state index contributed by atoms with van der Waals surface area (Å²) in [5, 5.41) is 12.2. The molecule has 2 unspecified atom stereocenters. The number of amides is 1. The molecule has 0 radical (unpaired) electrons. The number of carboxylic acids is 1. The second kappa shape index (κ2) is 14.3. The van der Waals surface area contributed by atoms with E-state index in [-0.39, 0.29) is 46.5 Å². The maximum absolute atomic E-state index is 12.6. The molecule has 0 saturated carbocycles. The van der Waals surface area contributed by atoms with Crippen molar-refractivity contribution in [2.75, 3.05) is 19.8 Å². The van der Waals surface area contributed by atoms with Crippen molar-refractivity contribution in [2.45, 2.75) is 23.2 Å². The van der Waals surface area contributed by atoms with Crippen LogP contribution in [0.1, 0.15) is 34.7 Å². The zero-order valence-corrected chi connectivity index (χ0v) is 24.6. The molecular weight excluding hydrogens is 511 g/mol. The van der Waals surface area contributed by atoms with E-state index in [1.54, 1.807) is 25.9 Å². The topological polar surface area (TPSA) is 73.3 Å². The Hall–Kier alpha value is -1.48. The number of aliphatic carboxylic acids is 1. The first-order valence-corrected chi connectivity index (χ1v) is 13.2. The van der Waals surface area contributed by atoms with Gasteiger partial charge in [0.1, 0.15) is 0 Å². The number of carbonyl (C=O) groups is 2. The molecule has 9 heteroatoms. The van der Waals surface area contributed by atoms with E-state index in [0.29, 0.717) is 5.02 Å². The van der Waals surface area contributed by atoms with Crippen molar-refractivity contribution >= 4 is 70.1 Å². The van der Waals surface area contributed by atoms with Crippen LogP contribution in [0.25, 0.3) is 23.1 Å². The molecule has 3 rings (SSSR count). The molecule has 1 aromatic heterocycles. The number of rotatable bonds is 10. The standard InChI is InChI=1S/C26H27ClN2O3S2.Na/c1-4-33-26(34-23(16-24(30)31)25(32)29(2)3)19-7-5-6-17(14-19)8-12-21-13-10-18-9-11-20(27)15-22(18)28-21;/h5-15,23,26H,4,16H2,1-3H3,(H,30,31);/q;+1/p-1. The molecule has 2 aromatic carbocycles. The number of nitrogens with zero attached hydrogens (tertiary/aromatic N) is 2. The number of pyridine rings is 1. The Bertz CT molecular complexity index is 1210. The molecule has 0 saturated heterocycles. The monoisotopic (exact) mass is 536 g/mol. The number of carboxylic acid groups (broad SMARTS) is 1. The van der Waals surface area contributed by atoms with Gasteiger partial charge in [0, 0.05) is 36.9 Å². The van der Waals surface area contributed by atoms with Crippen molar-refractivity contribution in [1.29, 1.82) is 0 Å². The molecule has 0 fully saturated rings. The van der Waals surface area contributed by atoms with E-state index in [9.17, 15) is 14.7 Å². The fraction of sp³-hybridized carbons (Fsp3) is 0.269.